The summed E-state index contributed by atoms with van der Waals surface area (Å²) in [6, 6.07) is 8.13. The zero-order chi connectivity index (χ0) is 17.0. The molecule has 1 unspecified atom stereocenters. The van der Waals surface area contributed by atoms with Crippen LogP contribution >= 0.6 is 0 Å². The van der Waals surface area contributed by atoms with Gasteiger partial charge in [-0.25, -0.2) is 8.42 Å². The molecule has 6 nitrogen and oxygen atoms in total. The summed E-state index contributed by atoms with van der Waals surface area (Å²) in [6.07, 6.45) is 1.59. The van der Waals surface area contributed by atoms with Crippen molar-refractivity contribution < 1.29 is 13.2 Å². The van der Waals surface area contributed by atoms with Crippen molar-refractivity contribution in [3.63, 3.8) is 0 Å². The molecule has 0 aliphatic carbocycles. The van der Waals surface area contributed by atoms with Gasteiger partial charge in [-0.15, -0.1) is 0 Å². The molecule has 1 fully saturated rings. The molecule has 0 N–H and O–H groups in total. The quantitative estimate of drug-likeness (QED) is 0.803. The van der Waals surface area contributed by atoms with Crippen LogP contribution in [-0.4, -0.2) is 69.6 Å². The van der Waals surface area contributed by atoms with Gasteiger partial charge in [0.05, 0.1) is 11.9 Å². The Bertz CT molecular complexity index is 625. The average Bonchev–Trinajstić information content (AvgIpc) is 2.52. The van der Waals surface area contributed by atoms with Crippen molar-refractivity contribution in [2.24, 2.45) is 0 Å². The smallest absolute Gasteiger partial charge is 0.246 e. The highest BCUT2D eigenvalue weighted by molar-refractivity contribution is 7.92. The number of hydrogen-bond donors (Lipinski definition) is 0. The Morgan fingerprint density at radius 3 is 2.22 bits per heavy atom. The first-order chi connectivity index (χ1) is 10.8. The molecular weight excluding hydrogens is 314 g/mol. The number of amides is 1. The van der Waals surface area contributed by atoms with E-state index < -0.39 is 16.1 Å². The number of likely N-dealkylation sites (N-methyl/N-ethyl adjacent to an activating group) is 1. The van der Waals surface area contributed by atoms with E-state index >= 15 is 0 Å². The molecule has 2 rings (SSSR count). The number of carbonyl (C=O) groups excluding carboxylic acids is 1. The SMILES string of the molecule is CCC(C(=O)N1CCN(C)CC1)N(c1ccccc1)S(C)(=O)=O. The summed E-state index contributed by atoms with van der Waals surface area (Å²) < 4.78 is 25.9. The molecule has 0 radical (unpaired) electrons. The van der Waals surface area contributed by atoms with Gasteiger partial charge in [-0.2, -0.15) is 0 Å². The second kappa shape index (κ2) is 7.31. The van der Waals surface area contributed by atoms with E-state index in [1.54, 1.807) is 29.2 Å². The fraction of sp³-hybridized carbons (Fsp3) is 0.562. The maximum absolute atomic E-state index is 12.9. The molecule has 128 valence electrons. The van der Waals surface area contributed by atoms with E-state index in [9.17, 15) is 13.2 Å². The highest BCUT2D eigenvalue weighted by atomic mass is 32.2. The first-order valence-corrected chi connectivity index (χ1v) is 9.71. The fourth-order valence-corrected chi connectivity index (χ4v) is 4.06. The van der Waals surface area contributed by atoms with E-state index in [1.807, 2.05) is 20.0 Å². The van der Waals surface area contributed by atoms with Crippen molar-refractivity contribution in [2.45, 2.75) is 19.4 Å². The molecule has 7 heteroatoms. The number of benzene rings is 1. The molecule has 1 heterocycles. The van der Waals surface area contributed by atoms with Crippen LogP contribution in [-0.2, 0) is 14.8 Å². The minimum atomic E-state index is -3.55. The molecule has 1 atom stereocenters. The van der Waals surface area contributed by atoms with E-state index in [4.69, 9.17) is 0 Å². The fourth-order valence-electron chi connectivity index (χ4n) is 2.86. The van der Waals surface area contributed by atoms with E-state index in [-0.39, 0.29) is 5.91 Å². The van der Waals surface area contributed by atoms with Gasteiger partial charge < -0.3 is 9.80 Å². The molecule has 23 heavy (non-hydrogen) atoms. The Morgan fingerprint density at radius 1 is 1.17 bits per heavy atom. The van der Waals surface area contributed by atoms with Gasteiger partial charge in [0.25, 0.3) is 0 Å². The number of hydrogen-bond acceptors (Lipinski definition) is 4. The molecular formula is C16H25N3O3S. The third-order valence-corrected chi connectivity index (χ3v) is 5.32. The van der Waals surface area contributed by atoms with Crippen molar-refractivity contribution in [1.29, 1.82) is 0 Å². The van der Waals surface area contributed by atoms with Crippen LogP contribution in [0.4, 0.5) is 5.69 Å². The Labute approximate surface area is 138 Å². The summed E-state index contributed by atoms with van der Waals surface area (Å²) in [5.74, 6) is -0.116. The molecule has 1 amide bonds. The average molecular weight is 339 g/mol. The predicted molar refractivity (Wildman–Crippen MR) is 91.9 cm³/mol. The van der Waals surface area contributed by atoms with E-state index in [0.717, 1.165) is 19.3 Å². The van der Waals surface area contributed by atoms with Crippen molar-refractivity contribution in [1.82, 2.24) is 9.80 Å². The molecule has 1 aromatic rings. The number of nitrogens with zero attached hydrogens (tertiary/aromatic N) is 3. The first-order valence-electron chi connectivity index (χ1n) is 7.86. The van der Waals surface area contributed by atoms with E-state index in [2.05, 4.69) is 4.90 Å². The Hall–Kier alpha value is -1.60. The first kappa shape index (κ1) is 17.7. The van der Waals surface area contributed by atoms with Crippen LogP contribution in [0.5, 0.6) is 0 Å². The van der Waals surface area contributed by atoms with Crippen molar-refractivity contribution in [3.05, 3.63) is 30.3 Å². The lowest BCUT2D eigenvalue weighted by Crippen LogP contribution is -2.55. The normalized spacial score (nSPS) is 17.8. The number of anilines is 1. The molecule has 0 bridgehead atoms. The molecule has 1 aromatic carbocycles. The summed E-state index contributed by atoms with van der Waals surface area (Å²) in [7, 11) is -1.53. The predicted octanol–water partition coefficient (Wildman–Crippen LogP) is 1.01. The minimum absolute atomic E-state index is 0.116. The topological polar surface area (TPSA) is 60.9 Å². The lowest BCUT2D eigenvalue weighted by Gasteiger charge is -2.37. The largest absolute Gasteiger partial charge is 0.338 e. The molecule has 0 saturated carbocycles. The number of carbonyl (C=O) groups is 1. The highest BCUT2D eigenvalue weighted by Gasteiger charge is 2.34. The van der Waals surface area contributed by atoms with Crippen LogP contribution in [0, 0.1) is 0 Å². The van der Waals surface area contributed by atoms with Crippen molar-refractivity contribution >= 4 is 21.6 Å². The van der Waals surface area contributed by atoms with Gasteiger partial charge in [-0.05, 0) is 25.6 Å². The van der Waals surface area contributed by atoms with Gasteiger partial charge in [-0.1, -0.05) is 25.1 Å². The summed E-state index contributed by atoms with van der Waals surface area (Å²) in [5.41, 5.74) is 0.532. The van der Waals surface area contributed by atoms with Crippen molar-refractivity contribution in [2.75, 3.05) is 43.8 Å². The number of sulfonamides is 1. The van der Waals surface area contributed by atoms with Crippen LogP contribution in [0.15, 0.2) is 30.3 Å². The van der Waals surface area contributed by atoms with Crippen LogP contribution in [0.3, 0.4) is 0 Å². The van der Waals surface area contributed by atoms with Gasteiger partial charge >= 0.3 is 0 Å². The molecule has 1 aliphatic heterocycles. The highest BCUT2D eigenvalue weighted by Crippen LogP contribution is 2.23. The Balaban J connectivity index is 2.30. The zero-order valence-corrected chi connectivity index (χ0v) is 14.8. The van der Waals surface area contributed by atoms with Gasteiger partial charge in [0.15, 0.2) is 0 Å². The third kappa shape index (κ3) is 4.23. The second-order valence-electron chi connectivity index (χ2n) is 5.95. The zero-order valence-electron chi connectivity index (χ0n) is 14.0. The Kier molecular flexibility index (Phi) is 5.64. The lowest BCUT2D eigenvalue weighted by molar-refractivity contribution is -0.134. The van der Waals surface area contributed by atoms with Gasteiger partial charge in [0.1, 0.15) is 6.04 Å². The third-order valence-electron chi connectivity index (χ3n) is 4.14. The van der Waals surface area contributed by atoms with Crippen LogP contribution in [0.25, 0.3) is 0 Å². The molecule has 0 spiro atoms. The maximum atomic E-state index is 12.9. The molecule has 1 saturated heterocycles. The second-order valence-corrected chi connectivity index (χ2v) is 7.81. The lowest BCUT2D eigenvalue weighted by atomic mass is 10.1. The maximum Gasteiger partial charge on any atom is 0.246 e. The van der Waals surface area contributed by atoms with E-state index in [0.29, 0.717) is 25.2 Å². The molecule has 1 aliphatic rings. The monoisotopic (exact) mass is 339 g/mol. The molecule has 0 aromatic heterocycles. The Morgan fingerprint density at radius 2 is 1.74 bits per heavy atom. The van der Waals surface area contributed by atoms with Gasteiger partial charge in [-0.3, -0.25) is 9.10 Å². The number of para-hydroxylation sites is 1. The standard InChI is InChI=1S/C16H25N3O3S/c1-4-15(16(20)18-12-10-17(2)11-13-18)19(23(3,21)22)14-8-6-5-7-9-14/h5-9,15H,4,10-13H2,1-3H3. The minimum Gasteiger partial charge on any atom is -0.338 e. The van der Waals surface area contributed by atoms with Gasteiger partial charge in [0, 0.05) is 26.2 Å². The number of piperazine rings is 1. The number of rotatable bonds is 5. The van der Waals surface area contributed by atoms with Crippen LogP contribution < -0.4 is 4.31 Å². The van der Waals surface area contributed by atoms with Crippen molar-refractivity contribution in [3.8, 4) is 0 Å². The van der Waals surface area contributed by atoms with E-state index in [1.165, 1.54) is 4.31 Å². The summed E-state index contributed by atoms with van der Waals surface area (Å²) in [5, 5.41) is 0. The van der Waals surface area contributed by atoms with Crippen LogP contribution in [0.2, 0.25) is 0 Å². The summed E-state index contributed by atoms with van der Waals surface area (Å²) in [6.45, 7) is 4.75. The summed E-state index contributed by atoms with van der Waals surface area (Å²) >= 11 is 0. The van der Waals surface area contributed by atoms with Crippen LogP contribution in [0.1, 0.15) is 13.3 Å². The van der Waals surface area contributed by atoms with Gasteiger partial charge in [0.2, 0.25) is 15.9 Å². The summed E-state index contributed by atoms with van der Waals surface area (Å²) in [4.78, 5) is 16.8.